The smallest absolute Gasteiger partial charge is 0.254 e. The van der Waals surface area contributed by atoms with E-state index in [0.717, 1.165) is 75.9 Å². The third kappa shape index (κ3) is 4.08. The van der Waals surface area contributed by atoms with Crippen molar-refractivity contribution < 1.29 is 9.59 Å². The van der Waals surface area contributed by atoms with E-state index in [0.29, 0.717) is 13.0 Å². The number of nitrogens with one attached hydrogen (secondary N) is 2. The predicted molar refractivity (Wildman–Crippen MR) is 138 cm³/mol. The summed E-state index contributed by atoms with van der Waals surface area (Å²) in [6.45, 7) is 3.99. The minimum Gasteiger partial charge on any atom is -0.356 e. The van der Waals surface area contributed by atoms with Crippen molar-refractivity contribution in [3.63, 3.8) is 0 Å². The summed E-state index contributed by atoms with van der Waals surface area (Å²) in [5, 5.41) is 5.89. The van der Waals surface area contributed by atoms with Crippen molar-refractivity contribution in [1.29, 1.82) is 0 Å². The molecule has 0 bridgehead atoms. The van der Waals surface area contributed by atoms with E-state index in [1.54, 1.807) is 0 Å². The molecule has 0 aliphatic carbocycles. The van der Waals surface area contributed by atoms with Crippen LogP contribution >= 0.6 is 0 Å². The number of hydrogen-bond acceptors (Lipinski definition) is 4. The van der Waals surface area contributed by atoms with Gasteiger partial charge in [0.15, 0.2) is 0 Å². The van der Waals surface area contributed by atoms with Gasteiger partial charge in [-0.3, -0.25) is 14.6 Å². The Kier molecular flexibility index (Phi) is 5.34. The van der Waals surface area contributed by atoms with Gasteiger partial charge in [0.2, 0.25) is 5.91 Å². The molecule has 0 unspecified atom stereocenters. The Labute approximate surface area is 203 Å². The van der Waals surface area contributed by atoms with E-state index in [4.69, 9.17) is 0 Å². The van der Waals surface area contributed by atoms with Crippen molar-refractivity contribution >= 4 is 45.6 Å². The van der Waals surface area contributed by atoms with E-state index in [-0.39, 0.29) is 11.8 Å². The van der Waals surface area contributed by atoms with Gasteiger partial charge in [-0.15, -0.1) is 0 Å². The first-order chi connectivity index (χ1) is 17.0. The molecule has 1 fully saturated rings. The Bertz CT molecular complexity index is 1490. The first-order valence-corrected chi connectivity index (χ1v) is 12.0. The second-order valence-corrected chi connectivity index (χ2v) is 9.42. The number of piperazine rings is 1. The Hall–Kier alpha value is -3.97. The van der Waals surface area contributed by atoms with Crippen molar-refractivity contribution in [2.45, 2.75) is 13.0 Å². The molecule has 7 heteroatoms. The van der Waals surface area contributed by atoms with E-state index >= 15 is 0 Å². The van der Waals surface area contributed by atoms with Gasteiger partial charge >= 0.3 is 0 Å². The molecule has 176 valence electrons. The van der Waals surface area contributed by atoms with Crippen LogP contribution in [-0.4, -0.2) is 64.8 Å². The van der Waals surface area contributed by atoms with Crippen LogP contribution in [-0.2, 0) is 17.8 Å². The minimum absolute atomic E-state index is 0.0224. The standard InChI is InChI=1S/C28H27N5O2/c1-32-9-11-33(12-10-32)25(34)14-19-4-2-3-18(13-19)5-7-21-15-23-20(16-29-21)6-8-22-26-24(31-27(22)23)17-30-28(26)35/h2-8,13,15-16,31H,9-12,14,17H2,1H3,(H,30,35). The van der Waals surface area contributed by atoms with Gasteiger partial charge in [0.25, 0.3) is 5.91 Å². The molecule has 0 atom stereocenters. The highest BCUT2D eigenvalue weighted by Crippen LogP contribution is 2.31. The average molecular weight is 466 g/mol. The molecule has 0 radical (unpaired) electrons. The van der Waals surface area contributed by atoms with Crippen LogP contribution in [0.1, 0.15) is 32.9 Å². The summed E-state index contributed by atoms with van der Waals surface area (Å²) in [6, 6.07) is 14.2. The maximum Gasteiger partial charge on any atom is 0.254 e. The van der Waals surface area contributed by atoms with Gasteiger partial charge in [0, 0.05) is 54.2 Å². The number of amides is 2. The average Bonchev–Trinajstić information content (AvgIpc) is 3.43. The fourth-order valence-electron chi connectivity index (χ4n) is 5.02. The number of aromatic nitrogens is 2. The highest BCUT2D eigenvalue weighted by molar-refractivity contribution is 6.16. The number of aromatic amines is 1. The van der Waals surface area contributed by atoms with E-state index in [1.165, 1.54) is 0 Å². The van der Waals surface area contributed by atoms with Crippen LogP contribution in [0.15, 0.2) is 48.7 Å². The molecule has 0 saturated carbocycles. The number of carbonyl (C=O) groups excluding carboxylic acids is 2. The molecule has 35 heavy (non-hydrogen) atoms. The van der Waals surface area contributed by atoms with Gasteiger partial charge in [-0.25, -0.2) is 0 Å². The van der Waals surface area contributed by atoms with Crippen LogP contribution in [0, 0.1) is 0 Å². The van der Waals surface area contributed by atoms with Gasteiger partial charge in [0.1, 0.15) is 0 Å². The van der Waals surface area contributed by atoms with Crippen molar-refractivity contribution in [3.8, 4) is 0 Å². The lowest BCUT2D eigenvalue weighted by Gasteiger charge is -2.32. The van der Waals surface area contributed by atoms with Crippen LogP contribution in [0.25, 0.3) is 33.8 Å². The first kappa shape index (κ1) is 21.6. The quantitative estimate of drug-likeness (QED) is 0.484. The second-order valence-electron chi connectivity index (χ2n) is 9.42. The maximum absolute atomic E-state index is 12.7. The molecule has 1 saturated heterocycles. The molecule has 7 nitrogen and oxygen atoms in total. The molecule has 0 spiro atoms. The van der Waals surface area contributed by atoms with Gasteiger partial charge in [-0.05, 0) is 30.3 Å². The third-order valence-electron chi connectivity index (χ3n) is 7.03. The number of carbonyl (C=O) groups is 2. The summed E-state index contributed by atoms with van der Waals surface area (Å²) < 4.78 is 0. The van der Waals surface area contributed by atoms with Crippen LogP contribution in [0.2, 0.25) is 0 Å². The van der Waals surface area contributed by atoms with Crippen molar-refractivity contribution in [1.82, 2.24) is 25.1 Å². The number of nitrogens with zero attached hydrogens (tertiary/aromatic N) is 3. The van der Waals surface area contributed by atoms with Crippen LogP contribution < -0.4 is 5.32 Å². The molecule has 6 rings (SSSR count). The van der Waals surface area contributed by atoms with Crippen LogP contribution in [0.3, 0.4) is 0 Å². The molecule has 2 aliphatic heterocycles. The number of likely N-dealkylation sites (N-methyl/N-ethyl adjacent to an activating group) is 1. The zero-order valence-corrected chi connectivity index (χ0v) is 19.7. The van der Waals surface area contributed by atoms with Crippen molar-refractivity contribution in [3.05, 3.63) is 76.7 Å². The summed E-state index contributed by atoms with van der Waals surface area (Å²) in [4.78, 5) is 37.2. The van der Waals surface area contributed by atoms with E-state index in [9.17, 15) is 9.59 Å². The number of rotatable bonds is 4. The van der Waals surface area contributed by atoms with Crippen LogP contribution in [0.4, 0.5) is 0 Å². The summed E-state index contributed by atoms with van der Waals surface area (Å²) in [5.74, 6) is 0.164. The Morgan fingerprint density at radius 1 is 1.06 bits per heavy atom. The zero-order valence-electron chi connectivity index (χ0n) is 19.7. The van der Waals surface area contributed by atoms with Gasteiger partial charge in [-0.1, -0.05) is 42.5 Å². The normalized spacial score (nSPS) is 16.4. The largest absolute Gasteiger partial charge is 0.356 e. The van der Waals surface area contributed by atoms with E-state index in [2.05, 4.69) is 39.4 Å². The first-order valence-electron chi connectivity index (χ1n) is 12.0. The summed E-state index contributed by atoms with van der Waals surface area (Å²) >= 11 is 0. The number of fused-ring (bicyclic) bond motifs is 5. The molecular weight excluding hydrogens is 438 g/mol. The molecule has 4 aromatic rings. The predicted octanol–water partition coefficient (Wildman–Crippen LogP) is 3.45. The number of benzene rings is 2. The summed E-state index contributed by atoms with van der Waals surface area (Å²) in [7, 11) is 2.09. The lowest BCUT2D eigenvalue weighted by molar-refractivity contribution is -0.132. The summed E-state index contributed by atoms with van der Waals surface area (Å²) in [5.41, 5.74) is 5.55. The highest BCUT2D eigenvalue weighted by Gasteiger charge is 2.25. The summed E-state index contributed by atoms with van der Waals surface area (Å²) in [6.07, 6.45) is 6.30. The zero-order chi connectivity index (χ0) is 23.9. The Morgan fingerprint density at radius 3 is 2.77 bits per heavy atom. The monoisotopic (exact) mass is 465 g/mol. The lowest BCUT2D eigenvalue weighted by atomic mass is 10.0. The van der Waals surface area contributed by atoms with Crippen LogP contribution in [0.5, 0.6) is 0 Å². The number of H-pyrrole nitrogens is 1. The fourth-order valence-corrected chi connectivity index (χ4v) is 5.02. The SMILES string of the molecule is CN1CCN(C(=O)Cc2cccc(C=Cc3cc4c(ccc5c6c([nH]c54)CNC6=O)cn3)c2)CC1. The molecule has 2 aromatic carbocycles. The minimum atomic E-state index is -0.0224. The third-order valence-corrected chi connectivity index (χ3v) is 7.03. The number of pyridine rings is 1. The van der Waals surface area contributed by atoms with E-state index < -0.39 is 0 Å². The maximum atomic E-state index is 12.7. The molecule has 4 heterocycles. The van der Waals surface area contributed by atoms with Gasteiger partial charge in [-0.2, -0.15) is 0 Å². The Morgan fingerprint density at radius 2 is 1.91 bits per heavy atom. The molecule has 2 N–H and O–H groups in total. The topological polar surface area (TPSA) is 81.3 Å². The number of hydrogen-bond donors (Lipinski definition) is 2. The van der Waals surface area contributed by atoms with E-state index in [1.807, 2.05) is 53.6 Å². The van der Waals surface area contributed by atoms with Gasteiger partial charge < -0.3 is 20.1 Å². The Balaban J connectivity index is 1.23. The molecule has 2 amide bonds. The fraction of sp³-hybridized carbons (Fsp3) is 0.250. The molecular formula is C28H27N5O2. The second kappa shape index (κ2) is 8.67. The molecule has 2 aliphatic rings. The van der Waals surface area contributed by atoms with Crippen molar-refractivity contribution in [2.75, 3.05) is 33.2 Å². The van der Waals surface area contributed by atoms with Crippen molar-refractivity contribution in [2.24, 2.45) is 0 Å². The lowest BCUT2D eigenvalue weighted by Crippen LogP contribution is -2.47. The highest BCUT2D eigenvalue weighted by atomic mass is 16.2. The molecule has 2 aromatic heterocycles. The van der Waals surface area contributed by atoms with Gasteiger partial charge in [0.05, 0.1) is 29.7 Å².